The molecule has 0 saturated carbocycles. The Kier molecular flexibility index (Phi) is 3.42. The molecule has 0 unspecified atom stereocenters. The van der Waals surface area contributed by atoms with Crippen LogP contribution in [-0.2, 0) is 0 Å². The summed E-state index contributed by atoms with van der Waals surface area (Å²) in [6.07, 6.45) is 1.63. The van der Waals surface area contributed by atoms with E-state index in [0.717, 1.165) is 5.52 Å². The van der Waals surface area contributed by atoms with Crippen molar-refractivity contribution in [1.82, 2.24) is 4.98 Å². The zero-order valence-corrected chi connectivity index (χ0v) is 12.2. The lowest BCUT2D eigenvalue weighted by Gasteiger charge is -2.02. The molecule has 0 fully saturated rings. The normalized spacial score (nSPS) is 10.5. The van der Waals surface area contributed by atoms with Crippen molar-refractivity contribution >= 4 is 39.9 Å². The van der Waals surface area contributed by atoms with Crippen LogP contribution < -0.4 is 0 Å². The molecule has 1 N–H and O–H groups in total. The fourth-order valence-electron chi connectivity index (χ4n) is 2.22. The standard InChI is InChI=1S/C16H8Cl2N2O/c17-11-4-10(5-12(18)6-11)16(21)14-8-20-15-2-1-9(7-19)3-13(14)15/h1-6,8,20H. The fraction of sp³-hybridized carbons (Fsp3) is 0. The number of fused-ring (bicyclic) bond motifs is 1. The first-order valence-electron chi connectivity index (χ1n) is 6.10. The van der Waals surface area contributed by atoms with Gasteiger partial charge in [0, 0.05) is 38.3 Å². The molecule has 3 rings (SSSR count). The second-order valence-corrected chi connectivity index (χ2v) is 5.43. The van der Waals surface area contributed by atoms with Gasteiger partial charge in [0.1, 0.15) is 0 Å². The Morgan fingerprint density at radius 2 is 1.81 bits per heavy atom. The minimum atomic E-state index is -0.194. The number of benzene rings is 2. The molecule has 3 aromatic rings. The number of aromatic amines is 1. The molecule has 0 aliphatic rings. The number of aromatic nitrogens is 1. The number of carbonyl (C=O) groups excluding carboxylic acids is 1. The highest BCUT2D eigenvalue weighted by Gasteiger charge is 2.15. The second kappa shape index (κ2) is 5.25. The van der Waals surface area contributed by atoms with E-state index in [1.807, 2.05) is 0 Å². The lowest BCUT2D eigenvalue weighted by Crippen LogP contribution is -2.00. The number of halogens is 2. The highest BCUT2D eigenvalue weighted by atomic mass is 35.5. The van der Waals surface area contributed by atoms with Crippen LogP contribution in [0.5, 0.6) is 0 Å². The highest BCUT2D eigenvalue weighted by molar-refractivity contribution is 6.35. The Morgan fingerprint density at radius 1 is 1.10 bits per heavy atom. The van der Waals surface area contributed by atoms with Gasteiger partial charge in [-0.05, 0) is 36.4 Å². The number of hydrogen-bond donors (Lipinski definition) is 1. The molecule has 3 nitrogen and oxygen atoms in total. The van der Waals surface area contributed by atoms with Crippen molar-refractivity contribution in [1.29, 1.82) is 5.26 Å². The van der Waals surface area contributed by atoms with Gasteiger partial charge in [0.15, 0.2) is 5.78 Å². The van der Waals surface area contributed by atoms with Gasteiger partial charge < -0.3 is 4.98 Å². The molecule has 0 atom stereocenters. The zero-order chi connectivity index (χ0) is 15.0. The number of carbonyl (C=O) groups is 1. The Morgan fingerprint density at radius 3 is 2.48 bits per heavy atom. The molecule has 5 heteroatoms. The molecular formula is C16H8Cl2N2O. The smallest absolute Gasteiger partial charge is 0.195 e. The fourth-order valence-corrected chi connectivity index (χ4v) is 2.74. The number of ketones is 1. The monoisotopic (exact) mass is 314 g/mol. The first-order chi connectivity index (χ1) is 10.1. The Balaban J connectivity index is 2.15. The topological polar surface area (TPSA) is 56.6 Å². The van der Waals surface area contributed by atoms with Crippen molar-refractivity contribution in [2.24, 2.45) is 0 Å². The summed E-state index contributed by atoms with van der Waals surface area (Å²) in [5, 5.41) is 10.5. The first-order valence-corrected chi connectivity index (χ1v) is 6.86. The van der Waals surface area contributed by atoms with Crippen molar-refractivity contribution in [2.45, 2.75) is 0 Å². The molecule has 1 aromatic heterocycles. The summed E-state index contributed by atoms with van der Waals surface area (Å²) in [4.78, 5) is 15.6. The Bertz CT molecular complexity index is 886. The van der Waals surface area contributed by atoms with Gasteiger partial charge in [0.05, 0.1) is 11.6 Å². The number of nitriles is 1. The molecule has 0 aliphatic carbocycles. The molecule has 0 saturated heterocycles. The maximum Gasteiger partial charge on any atom is 0.195 e. The predicted molar refractivity (Wildman–Crippen MR) is 82.9 cm³/mol. The molecule has 2 aromatic carbocycles. The summed E-state index contributed by atoms with van der Waals surface area (Å²) in [7, 11) is 0. The van der Waals surface area contributed by atoms with E-state index in [4.69, 9.17) is 28.5 Å². The average molecular weight is 315 g/mol. The van der Waals surface area contributed by atoms with Crippen molar-refractivity contribution in [3.05, 3.63) is 69.3 Å². The van der Waals surface area contributed by atoms with Gasteiger partial charge in [-0.1, -0.05) is 23.2 Å². The molecule has 0 aliphatic heterocycles. The van der Waals surface area contributed by atoms with Crippen LogP contribution in [0.25, 0.3) is 10.9 Å². The summed E-state index contributed by atoms with van der Waals surface area (Å²) in [6.45, 7) is 0. The molecule has 21 heavy (non-hydrogen) atoms. The van der Waals surface area contributed by atoms with Crippen LogP contribution in [-0.4, -0.2) is 10.8 Å². The van der Waals surface area contributed by atoms with E-state index < -0.39 is 0 Å². The first kappa shape index (κ1) is 13.7. The van der Waals surface area contributed by atoms with Gasteiger partial charge in [-0.25, -0.2) is 0 Å². The summed E-state index contributed by atoms with van der Waals surface area (Å²) in [5.74, 6) is -0.194. The van der Waals surface area contributed by atoms with Crippen LogP contribution >= 0.6 is 23.2 Å². The lowest BCUT2D eigenvalue weighted by atomic mass is 10.0. The van der Waals surface area contributed by atoms with Gasteiger partial charge in [0.2, 0.25) is 0 Å². The minimum Gasteiger partial charge on any atom is -0.360 e. The third-order valence-electron chi connectivity index (χ3n) is 3.18. The Hall–Kier alpha value is -2.28. The van der Waals surface area contributed by atoms with Crippen LogP contribution in [0, 0.1) is 11.3 Å². The largest absolute Gasteiger partial charge is 0.360 e. The quantitative estimate of drug-likeness (QED) is 0.704. The van der Waals surface area contributed by atoms with E-state index >= 15 is 0 Å². The maximum absolute atomic E-state index is 12.6. The average Bonchev–Trinajstić information content (AvgIpc) is 2.88. The van der Waals surface area contributed by atoms with E-state index in [-0.39, 0.29) is 5.78 Å². The number of hydrogen-bond acceptors (Lipinski definition) is 2. The van der Waals surface area contributed by atoms with E-state index in [2.05, 4.69) is 11.1 Å². The Labute approximate surface area is 130 Å². The summed E-state index contributed by atoms with van der Waals surface area (Å²) in [5.41, 5.74) is 2.20. The molecule has 1 heterocycles. The predicted octanol–water partition coefficient (Wildman–Crippen LogP) is 4.58. The van der Waals surface area contributed by atoms with Gasteiger partial charge >= 0.3 is 0 Å². The maximum atomic E-state index is 12.6. The van der Waals surface area contributed by atoms with Crippen LogP contribution in [0.1, 0.15) is 21.5 Å². The molecule has 0 amide bonds. The summed E-state index contributed by atoms with van der Waals surface area (Å²) >= 11 is 11.9. The van der Waals surface area contributed by atoms with Gasteiger partial charge in [-0.2, -0.15) is 5.26 Å². The van der Waals surface area contributed by atoms with Crippen LogP contribution in [0.2, 0.25) is 10.0 Å². The van der Waals surface area contributed by atoms with Crippen LogP contribution in [0.4, 0.5) is 0 Å². The molecular weight excluding hydrogens is 307 g/mol. The van der Waals surface area contributed by atoms with E-state index in [0.29, 0.717) is 32.1 Å². The molecule has 0 spiro atoms. The van der Waals surface area contributed by atoms with Crippen molar-refractivity contribution in [3.63, 3.8) is 0 Å². The van der Waals surface area contributed by atoms with Crippen LogP contribution in [0.15, 0.2) is 42.6 Å². The number of rotatable bonds is 2. The van der Waals surface area contributed by atoms with Gasteiger partial charge in [-0.15, -0.1) is 0 Å². The number of nitrogens with one attached hydrogen (secondary N) is 1. The minimum absolute atomic E-state index is 0.194. The van der Waals surface area contributed by atoms with Crippen molar-refractivity contribution < 1.29 is 4.79 Å². The summed E-state index contributed by atoms with van der Waals surface area (Å²) in [6, 6.07) is 11.9. The SMILES string of the molecule is N#Cc1ccc2[nH]cc(C(=O)c3cc(Cl)cc(Cl)c3)c2c1. The molecule has 0 bridgehead atoms. The van der Waals surface area contributed by atoms with E-state index in [9.17, 15) is 4.79 Å². The highest BCUT2D eigenvalue weighted by Crippen LogP contribution is 2.25. The number of nitrogens with zero attached hydrogens (tertiary/aromatic N) is 1. The van der Waals surface area contributed by atoms with Crippen LogP contribution in [0.3, 0.4) is 0 Å². The molecule has 102 valence electrons. The third-order valence-corrected chi connectivity index (χ3v) is 3.62. The second-order valence-electron chi connectivity index (χ2n) is 4.56. The van der Waals surface area contributed by atoms with Gasteiger partial charge in [0.25, 0.3) is 0 Å². The third kappa shape index (κ3) is 2.52. The number of H-pyrrole nitrogens is 1. The van der Waals surface area contributed by atoms with E-state index in [1.165, 1.54) is 0 Å². The molecule has 0 radical (unpaired) electrons. The van der Waals surface area contributed by atoms with Crippen molar-refractivity contribution in [3.8, 4) is 6.07 Å². The van der Waals surface area contributed by atoms with Gasteiger partial charge in [-0.3, -0.25) is 4.79 Å². The lowest BCUT2D eigenvalue weighted by molar-refractivity contribution is 0.104. The van der Waals surface area contributed by atoms with E-state index in [1.54, 1.807) is 42.6 Å². The summed E-state index contributed by atoms with van der Waals surface area (Å²) < 4.78 is 0. The van der Waals surface area contributed by atoms with Crippen molar-refractivity contribution in [2.75, 3.05) is 0 Å². The zero-order valence-electron chi connectivity index (χ0n) is 10.7.